The van der Waals surface area contributed by atoms with E-state index in [4.69, 9.17) is 0 Å². The van der Waals surface area contributed by atoms with Crippen LogP contribution in [0.2, 0.25) is 0 Å². The molecule has 0 saturated heterocycles. The lowest BCUT2D eigenvalue weighted by atomic mass is 9.48. The lowest BCUT2D eigenvalue weighted by Gasteiger charge is -2.57. The zero-order valence-electron chi connectivity index (χ0n) is 19.0. The Bertz CT molecular complexity index is 651. The van der Waals surface area contributed by atoms with Crippen molar-refractivity contribution in [2.75, 3.05) is 13.1 Å². The van der Waals surface area contributed by atoms with Crippen molar-refractivity contribution in [2.24, 2.45) is 35.0 Å². The van der Waals surface area contributed by atoms with E-state index >= 15 is 0 Å². The Kier molecular flexibility index (Phi) is 7.00. The van der Waals surface area contributed by atoms with E-state index in [1.54, 1.807) is 0 Å². The number of aryl methyl sites for hydroxylation is 1. The molecule has 1 aromatic heterocycles. The Morgan fingerprint density at radius 1 is 1.07 bits per heavy atom. The Morgan fingerprint density at radius 3 is 2.30 bits per heavy atom. The molecule has 4 heteroatoms. The fourth-order valence-electron chi connectivity index (χ4n) is 7.09. The zero-order valence-corrected chi connectivity index (χ0v) is 19.0. The number of amides is 2. The third-order valence-corrected chi connectivity index (χ3v) is 8.36. The minimum absolute atomic E-state index is 0.00909. The Morgan fingerprint density at radius 2 is 1.70 bits per heavy atom. The third-order valence-electron chi connectivity index (χ3n) is 8.36. The van der Waals surface area contributed by atoms with Gasteiger partial charge in [-0.05, 0) is 117 Å². The maximum atomic E-state index is 12.3. The van der Waals surface area contributed by atoms with E-state index in [0.29, 0.717) is 23.8 Å². The average molecular weight is 412 g/mol. The van der Waals surface area contributed by atoms with Crippen LogP contribution in [-0.2, 0) is 6.42 Å². The molecule has 4 aliphatic rings. The highest BCUT2D eigenvalue weighted by molar-refractivity contribution is 5.73. The van der Waals surface area contributed by atoms with Crippen molar-refractivity contribution >= 4 is 6.03 Å². The van der Waals surface area contributed by atoms with Gasteiger partial charge in [0.15, 0.2) is 0 Å². The predicted octanol–water partition coefficient (Wildman–Crippen LogP) is 5.58. The van der Waals surface area contributed by atoms with Crippen molar-refractivity contribution in [3.8, 4) is 0 Å². The van der Waals surface area contributed by atoms with Crippen molar-refractivity contribution < 1.29 is 4.79 Å². The molecule has 0 radical (unpaired) electrons. The Balaban J connectivity index is 1.16. The fourth-order valence-corrected chi connectivity index (χ4v) is 7.09. The van der Waals surface area contributed by atoms with Gasteiger partial charge < -0.3 is 10.6 Å². The first kappa shape index (κ1) is 21.6. The molecule has 4 fully saturated rings. The van der Waals surface area contributed by atoms with Gasteiger partial charge in [-0.15, -0.1) is 0 Å². The number of hydrogen-bond donors (Lipinski definition) is 2. The first-order valence-corrected chi connectivity index (χ1v) is 12.4. The van der Waals surface area contributed by atoms with Crippen LogP contribution in [-0.4, -0.2) is 24.1 Å². The predicted molar refractivity (Wildman–Crippen MR) is 122 cm³/mol. The summed E-state index contributed by atoms with van der Waals surface area (Å²) in [6, 6.07) is 4.07. The molecule has 166 valence electrons. The van der Waals surface area contributed by atoms with E-state index < -0.39 is 0 Å². The van der Waals surface area contributed by atoms with Crippen LogP contribution in [0.25, 0.3) is 0 Å². The number of pyridine rings is 1. The van der Waals surface area contributed by atoms with Gasteiger partial charge in [-0.1, -0.05) is 13.8 Å². The van der Waals surface area contributed by atoms with Gasteiger partial charge in [0.05, 0.1) is 0 Å². The second kappa shape index (κ2) is 9.70. The van der Waals surface area contributed by atoms with Crippen LogP contribution in [0, 0.1) is 35.0 Å². The summed E-state index contributed by atoms with van der Waals surface area (Å²) in [4.78, 5) is 16.3. The van der Waals surface area contributed by atoms with Crippen LogP contribution in [0.5, 0.6) is 0 Å². The van der Waals surface area contributed by atoms with Gasteiger partial charge >= 0.3 is 6.03 Å². The van der Waals surface area contributed by atoms with Gasteiger partial charge in [0.25, 0.3) is 0 Å². The summed E-state index contributed by atoms with van der Waals surface area (Å²) in [7, 11) is 0. The standard InChI is InChI=1S/C26H41N3O/c1-19(2)24(5-8-26-15-21-12-22(16-26)14-23(13-21)17-26)18-29-25(30)28-9-3-4-20-6-10-27-11-7-20/h6-7,10-11,19,21-24H,3-5,8-9,12-18H2,1-2H3,(H2,28,29,30). The molecule has 5 rings (SSSR count). The van der Waals surface area contributed by atoms with Crippen molar-refractivity contribution in [3.63, 3.8) is 0 Å². The van der Waals surface area contributed by atoms with E-state index in [0.717, 1.165) is 37.1 Å². The summed E-state index contributed by atoms with van der Waals surface area (Å²) in [6.45, 7) is 6.16. The Hall–Kier alpha value is -1.58. The lowest BCUT2D eigenvalue weighted by molar-refractivity contribution is -0.0606. The van der Waals surface area contributed by atoms with Crippen molar-refractivity contribution in [3.05, 3.63) is 30.1 Å². The third kappa shape index (κ3) is 5.56. The number of nitrogens with one attached hydrogen (secondary N) is 2. The first-order chi connectivity index (χ1) is 14.5. The minimum atomic E-state index is -0.00909. The normalized spacial score (nSPS) is 30.4. The van der Waals surface area contributed by atoms with Gasteiger partial charge in [0.2, 0.25) is 0 Å². The van der Waals surface area contributed by atoms with Crippen LogP contribution in [0.3, 0.4) is 0 Å². The van der Waals surface area contributed by atoms with E-state index in [1.165, 1.54) is 56.9 Å². The maximum Gasteiger partial charge on any atom is 0.314 e. The van der Waals surface area contributed by atoms with Gasteiger partial charge in [-0.3, -0.25) is 4.98 Å². The second-order valence-electron chi connectivity index (χ2n) is 11.1. The topological polar surface area (TPSA) is 54.0 Å². The van der Waals surface area contributed by atoms with Gasteiger partial charge in [0.1, 0.15) is 0 Å². The molecule has 2 N–H and O–H groups in total. The molecular formula is C26H41N3O. The molecule has 1 heterocycles. The number of hydrogen-bond acceptors (Lipinski definition) is 2. The highest BCUT2D eigenvalue weighted by atomic mass is 16.2. The molecule has 0 aliphatic heterocycles. The van der Waals surface area contributed by atoms with E-state index in [9.17, 15) is 4.79 Å². The quantitative estimate of drug-likeness (QED) is 0.494. The summed E-state index contributed by atoms with van der Waals surface area (Å²) >= 11 is 0. The Labute approximate surface area is 183 Å². The first-order valence-electron chi connectivity index (χ1n) is 12.4. The number of aromatic nitrogens is 1. The van der Waals surface area contributed by atoms with Gasteiger partial charge in [-0.2, -0.15) is 0 Å². The zero-order chi connectivity index (χ0) is 21.0. The summed E-state index contributed by atoms with van der Waals surface area (Å²) in [5.41, 5.74) is 1.92. The largest absolute Gasteiger partial charge is 0.338 e. The van der Waals surface area contributed by atoms with E-state index in [2.05, 4.69) is 29.5 Å². The molecule has 1 aromatic rings. The van der Waals surface area contributed by atoms with Crippen molar-refractivity contribution in [2.45, 2.75) is 78.1 Å². The number of carbonyl (C=O) groups excluding carboxylic acids is 1. The number of nitrogens with zero attached hydrogens (tertiary/aromatic N) is 1. The molecule has 30 heavy (non-hydrogen) atoms. The number of urea groups is 1. The molecular weight excluding hydrogens is 370 g/mol. The summed E-state index contributed by atoms with van der Waals surface area (Å²) in [5, 5.41) is 6.19. The van der Waals surface area contributed by atoms with Crippen LogP contribution >= 0.6 is 0 Å². The maximum absolute atomic E-state index is 12.3. The molecule has 4 nitrogen and oxygen atoms in total. The van der Waals surface area contributed by atoms with Crippen molar-refractivity contribution in [1.29, 1.82) is 0 Å². The average Bonchev–Trinajstić information content (AvgIpc) is 2.70. The van der Waals surface area contributed by atoms with Crippen LogP contribution < -0.4 is 10.6 Å². The monoisotopic (exact) mass is 411 g/mol. The van der Waals surface area contributed by atoms with Crippen LogP contribution in [0.15, 0.2) is 24.5 Å². The molecule has 2 amide bonds. The molecule has 0 spiro atoms. The smallest absolute Gasteiger partial charge is 0.314 e. The van der Waals surface area contributed by atoms with E-state index in [-0.39, 0.29) is 6.03 Å². The molecule has 1 unspecified atom stereocenters. The molecule has 4 bridgehead atoms. The van der Waals surface area contributed by atoms with Gasteiger partial charge in [-0.25, -0.2) is 4.79 Å². The molecule has 1 atom stereocenters. The van der Waals surface area contributed by atoms with Crippen molar-refractivity contribution in [1.82, 2.24) is 15.6 Å². The lowest BCUT2D eigenvalue weighted by Crippen LogP contribution is -2.46. The summed E-state index contributed by atoms with van der Waals surface area (Å²) in [5.74, 6) is 4.30. The second-order valence-corrected chi connectivity index (χ2v) is 11.1. The number of carbonyl (C=O) groups is 1. The van der Waals surface area contributed by atoms with Crippen LogP contribution in [0.1, 0.15) is 77.2 Å². The minimum Gasteiger partial charge on any atom is -0.338 e. The van der Waals surface area contributed by atoms with Crippen LogP contribution in [0.4, 0.5) is 4.79 Å². The summed E-state index contributed by atoms with van der Waals surface area (Å²) in [6.07, 6.45) is 17.3. The number of rotatable bonds is 10. The molecule has 4 aliphatic carbocycles. The fraction of sp³-hybridized carbons (Fsp3) is 0.769. The molecule has 0 aromatic carbocycles. The SMILES string of the molecule is CC(C)C(CCC12CC3CC(CC(C3)C1)C2)CNC(=O)NCCCc1ccncc1. The highest BCUT2D eigenvalue weighted by Crippen LogP contribution is 2.61. The highest BCUT2D eigenvalue weighted by Gasteiger charge is 2.50. The molecule has 4 saturated carbocycles. The van der Waals surface area contributed by atoms with Gasteiger partial charge in [0, 0.05) is 25.5 Å². The summed E-state index contributed by atoms with van der Waals surface area (Å²) < 4.78 is 0. The van der Waals surface area contributed by atoms with E-state index in [1.807, 2.05) is 24.5 Å².